The fraction of sp³-hybridized carbons (Fsp3) is 0.200. The molecule has 3 aromatic rings. The van der Waals surface area contributed by atoms with Crippen molar-refractivity contribution in [2.75, 3.05) is 35.8 Å². The minimum atomic E-state index is -3.68. The summed E-state index contributed by atoms with van der Waals surface area (Å²) in [5.74, 6) is -0.0899. The number of amides is 1. The maximum atomic E-state index is 12.7. The Hall–Kier alpha value is -2.33. The lowest BCUT2D eigenvalue weighted by molar-refractivity contribution is 0.0747. The minimum Gasteiger partial charge on any atom is -0.368 e. The van der Waals surface area contributed by atoms with Crippen molar-refractivity contribution in [3.63, 3.8) is 0 Å². The number of rotatable bonds is 5. The van der Waals surface area contributed by atoms with Gasteiger partial charge in [-0.25, -0.2) is 13.4 Å². The molecule has 0 bridgehead atoms. The highest BCUT2D eigenvalue weighted by molar-refractivity contribution is 7.93. The molecule has 1 aliphatic heterocycles. The maximum absolute atomic E-state index is 12.7. The first-order chi connectivity index (χ1) is 14.8. The first-order valence-corrected chi connectivity index (χ1v) is 12.5. The molecule has 1 amide bonds. The molecule has 162 valence electrons. The van der Waals surface area contributed by atoms with Crippen molar-refractivity contribution < 1.29 is 13.2 Å². The number of carbonyl (C=O) groups is 1. The molecule has 1 saturated heterocycles. The van der Waals surface area contributed by atoms with E-state index in [9.17, 15) is 13.2 Å². The van der Waals surface area contributed by atoms with Gasteiger partial charge in [0.15, 0.2) is 5.13 Å². The van der Waals surface area contributed by atoms with Crippen LogP contribution in [0.5, 0.6) is 0 Å². The van der Waals surface area contributed by atoms with Crippen LogP contribution in [-0.4, -0.2) is 50.4 Å². The Kier molecular flexibility index (Phi) is 6.38. The Morgan fingerprint density at radius 1 is 1.00 bits per heavy atom. The van der Waals surface area contributed by atoms with Gasteiger partial charge >= 0.3 is 0 Å². The largest absolute Gasteiger partial charge is 0.368 e. The van der Waals surface area contributed by atoms with Crippen LogP contribution in [0.25, 0.3) is 0 Å². The highest BCUT2D eigenvalue weighted by Crippen LogP contribution is 2.25. The molecule has 0 radical (unpaired) electrons. The third-order valence-electron chi connectivity index (χ3n) is 4.90. The van der Waals surface area contributed by atoms with Gasteiger partial charge in [-0.1, -0.05) is 23.2 Å². The average molecular weight is 497 g/mol. The van der Waals surface area contributed by atoms with Gasteiger partial charge in [-0.3, -0.25) is 9.52 Å². The maximum Gasteiger partial charge on any atom is 0.263 e. The van der Waals surface area contributed by atoms with E-state index >= 15 is 0 Å². The molecule has 11 heteroatoms. The Bertz CT molecular complexity index is 1180. The number of benzene rings is 2. The van der Waals surface area contributed by atoms with Gasteiger partial charge < -0.3 is 9.80 Å². The van der Waals surface area contributed by atoms with Gasteiger partial charge in [0.05, 0.1) is 14.9 Å². The highest BCUT2D eigenvalue weighted by Gasteiger charge is 2.23. The van der Waals surface area contributed by atoms with Crippen LogP contribution in [0.4, 0.5) is 10.8 Å². The molecule has 0 spiro atoms. The summed E-state index contributed by atoms with van der Waals surface area (Å²) in [4.78, 5) is 20.7. The molecule has 0 atom stereocenters. The van der Waals surface area contributed by atoms with E-state index < -0.39 is 10.0 Å². The van der Waals surface area contributed by atoms with Gasteiger partial charge in [0, 0.05) is 49.0 Å². The fourth-order valence-electron chi connectivity index (χ4n) is 3.26. The van der Waals surface area contributed by atoms with E-state index in [1.54, 1.807) is 52.7 Å². The van der Waals surface area contributed by atoms with E-state index in [2.05, 4.69) is 14.6 Å². The van der Waals surface area contributed by atoms with Crippen LogP contribution in [0, 0.1) is 0 Å². The Morgan fingerprint density at radius 3 is 2.32 bits per heavy atom. The van der Waals surface area contributed by atoms with Crippen LogP contribution in [0.2, 0.25) is 10.0 Å². The number of hydrogen-bond acceptors (Lipinski definition) is 6. The van der Waals surface area contributed by atoms with Crippen molar-refractivity contribution in [2.24, 2.45) is 0 Å². The number of sulfonamides is 1. The molecule has 2 heterocycles. The Labute approximate surface area is 194 Å². The summed E-state index contributed by atoms with van der Waals surface area (Å²) in [7, 11) is -3.68. The summed E-state index contributed by atoms with van der Waals surface area (Å²) >= 11 is 13.2. The second-order valence-corrected chi connectivity index (χ2v) is 10.2. The Balaban J connectivity index is 1.38. The zero-order valence-electron chi connectivity index (χ0n) is 16.2. The molecule has 4 rings (SSSR count). The normalized spacial score (nSPS) is 14.5. The quantitative estimate of drug-likeness (QED) is 0.571. The van der Waals surface area contributed by atoms with Crippen molar-refractivity contribution in [1.82, 2.24) is 9.88 Å². The van der Waals surface area contributed by atoms with Crippen LogP contribution >= 0.6 is 34.5 Å². The monoisotopic (exact) mass is 496 g/mol. The van der Waals surface area contributed by atoms with E-state index in [-0.39, 0.29) is 10.8 Å². The number of piperazine rings is 1. The van der Waals surface area contributed by atoms with Crippen LogP contribution < -0.4 is 9.62 Å². The summed E-state index contributed by atoms with van der Waals surface area (Å²) in [6, 6.07) is 11.5. The smallest absolute Gasteiger partial charge is 0.263 e. The molecule has 7 nitrogen and oxygen atoms in total. The van der Waals surface area contributed by atoms with Gasteiger partial charge in [-0.05, 0) is 42.5 Å². The van der Waals surface area contributed by atoms with Gasteiger partial charge in [-0.15, -0.1) is 11.3 Å². The lowest BCUT2D eigenvalue weighted by Gasteiger charge is -2.36. The van der Waals surface area contributed by atoms with Gasteiger partial charge in [-0.2, -0.15) is 0 Å². The van der Waals surface area contributed by atoms with E-state index in [1.165, 1.54) is 17.5 Å². The van der Waals surface area contributed by atoms with Gasteiger partial charge in [0.25, 0.3) is 15.9 Å². The molecular formula is C20H18Cl2N4O3S2. The van der Waals surface area contributed by atoms with E-state index in [4.69, 9.17) is 23.2 Å². The average Bonchev–Trinajstić information content (AvgIpc) is 3.28. The first-order valence-electron chi connectivity index (χ1n) is 9.35. The van der Waals surface area contributed by atoms with Crippen molar-refractivity contribution in [2.45, 2.75) is 4.90 Å². The summed E-state index contributed by atoms with van der Waals surface area (Å²) in [6.45, 7) is 2.36. The topological polar surface area (TPSA) is 82.6 Å². The van der Waals surface area contributed by atoms with Crippen LogP contribution in [-0.2, 0) is 10.0 Å². The molecule has 0 aliphatic carbocycles. The third kappa shape index (κ3) is 4.95. The third-order valence-corrected chi connectivity index (χ3v) is 7.81. The van der Waals surface area contributed by atoms with E-state index in [0.29, 0.717) is 46.9 Å². The second kappa shape index (κ2) is 9.04. The standard InChI is InChI=1S/C20H18Cl2N4O3S2/c21-17-6-1-14(13-18(17)22)19(27)26-10-8-25(9-11-26)15-2-4-16(5-3-15)31(28,29)24-20-23-7-12-30-20/h1-7,12-13H,8-11H2,(H,23,24). The fourth-order valence-corrected chi connectivity index (χ4v) is 5.35. The number of aromatic nitrogens is 1. The molecule has 0 saturated carbocycles. The molecule has 1 fully saturated rings. The second-order valence-electron chi connectivity index (χ2n) is 6.84. The SMILES string of the molecule is O=C(c1ccc(Cl)c(Cl)c1)N1CCN(c2ccc(S(=O)(=O)Nc3nccs3)cc2)CC1. The predicted molar refractivity (Wildman–Crippen MR) is 124 cm³/mol. The number of carbonyl (C=O) groups excluding carboxylic acids is 1. The van der Waals surface area contributed by atoms with Crippen LogP contribution in [0.1, 0.15) is 10.4 Å². The number of anilines is 2. The van der Waals surface area contributed by atoms with Crippen LogP contribution in [0.3, 0.4) is 0 Å². The molecule has 1 aliphatic rings. The molecule has 1 N–H and O–H groups in total. The number of nitrogens with zero attached hydrogens (tertiary/aromatic N) is 3. The molecule has 1 aromatic heterocycles. The van der Waals surface area contributed by atoms with Crippen LogP contribution in [0.15, 0.2) is 58.9 Å². The zero-order valence-corrected chi connectivity index (χ0v) is 19.3. The van der Waals surface area contributed by atoms with Gasteiger partial charge in [0.2, 0.25) is 0 Å². The summed E-state index contributed by atoms with van der Waals surface area (Å²) in [5, 5.41) is 2.79. The van der Waals surface area contributed by atoms with Crippen molar-refractivity contribution >= 4 is 61.3 Å². The van der Waals surface area contributed by atoms with E-state index in [1.807, 2.05) is 0 Å². The minimum absolute atomic E-state index is 0.0899. The molecule has 31 heavy (non-hydrogen) atoms. The number of nitrogens with one attached hydrogen (secondary N) is 1. The predicted octanol–water partition coefficient (Wildman–Crippen LogP) is 4.21. The summed E-state index contributed by atoms with van der Waals surface area (Å²) in [5.41, 5.74) is 1.40. The highest BCUT2D eigenvalue weighted by atomic mass is 35.5. The number of halogens is 2. The van der Waals surface area contributed by atoms with Crippen molar-refractivity contribution in [1.29, 1.82) is 0 Å². The van der Waals surface area contributed by atoms with Gasteiger partial charge in [0.1, 0.15) is 0 Å². The van der Waals surface area contributed by atoms with Crippen molar-refractivity contribution in [3.05, 3.63) is 69.7 Å². The number of thiazole rings is 1. The molecule has 0 unspecified atom stereocenters. The number of hydrogen-bond donors (Lipinski definition) is 1. The lowest BCUT2D eigenvalue weighted by Crippen LogP contribution is -2.48. The lowest BCUT2D eigenvalue weighted by atomic mass is 10.1. The van der Waals surface area contributed by atoms with E-state index in [0.717, 1.165) is 5.69 Å². The first kappa shape index (κ1) is 21.9. The Morgan fingerprint density at radius 2 is 1.71 bits per heavy atom. The molecular weight excluding hydrogens is 479 g/mol. The summed E-state index contributed by atoms with van der Waals surface area (Å²) in [6.07, 6.45) is 1.54. The van der Waals surface area contributed by atoms with Crippen molar-refractivity contribution in [3.8, 4) is 0 Å². The summed E-state index contributed by atoms with van der Waals surface area (Å²) < 4.78 is 27.4. The molecule has 2 aromatic carbocycles. The zero-order chi connectivity index (χ0) is 22.0.